The monoisotopic (exact) mass is 194 g/mol. The van der Waals surface area contributed by atoms with Gasteiger partial charge in [0.2, 0.25) is 0 Å². The van der Waals surface area contributed by atoms with Crippen molar-refractivity contribution in [2.24, 2.45) is 5.92 Å². The number of benzene rings is 1. The summed E-state index contributed by atoms with van der Waals surface area (Å²) in [5, 5.41) is 8.92. The first-order chi connectivity index (χ1) is 6.74. The van der Waals surface area contributed by atoms with E-state index in [1.165, 1.54) is 5.56 Å². The van der Waals surface area contributed by atoms with Crippen LogP contribution in [0.4, 0.5) is 0 Å². The van der Waals surface area contributed by atoms with Crippen LogP contribution in [0.1, 0.15) is 19.4 Å². The van der Waals surface area contributed by atoms with Crippen molar-refractivity contribution in [3.05, 3.63) is 35.9 Å². The van der Waals surface area contributed by atoms with Crippen molar-refractivity contribution < 1.29 is 9.84 Å². The second kappa shape index (κ2) is 5.78. The minimum Gasteiger partial charge on any atom is -0.396 e. The van der Waals surface area contributed by atoms with E-state index < -0.39 is 0 Å². The summed E-state index contributed by atoms with van der Waals surface area (Å²) in [6.07, 6.45) is 0.0974. The molecule has 0 fully saturated rings. The zero-order chi connectivity index (χ0) is 10.4. The predicted molar refractivity (Wildman–Crippen MR) is 56.9 cm³/mol. The van der Waals surface area contributed by atoms with Crippen LogP contribution in [0.25, 0.3) is 0 Å². The van der Waals surface area contributed by atoms with Gasteiger partial charge in [-0.15, -0.1) is 0 Å². The lowest BCUT2D eigenvalue weighted by Crippen LogP contribution is -2.20. The average molecular weight is 194 g/mol. The van der Waals surface area contributed by atoms with Gasteiger partial charge in [0.15, 0.2) is 0 Å². The van der Waals surface area contributed by atoms with Crippen LogP contribution in [-0.2, 0) is 11.3 Å². The van der Waals surface area contributed by atoms with E-state index in [-0.39, 0.29) is 18.6 Å². The fourth-order valence-electron chi connectivity index (χ4n) is 1.11. The van der Waals surface area contributed by atoms with E-state index in [4.69, 9.17) is 9.84 Å². The van der Waals surface area contributed by atoms with Gasteiger partial charge in [0.1, 0.15) is 0 Å². The Hall–Kier alpha value is -0.860. The molecule has 1 rings (SSSR count). The normalized spacial score (nSPS) is 15.1. The number of hydrogen-bond donors (Lipinski definition) is 1. The first kappa shape index (κ1) is 11.2. The molecule has 0 aliphatic carbocycles. The highest BCUT2D eigenvalue weighted by atomic mass is 16.5. The minimum atomic E-state index is 0.0974. The van der Waals surface area contributed by atoms with Crippen molar-refractivity contribution >= 4 is 0 Å². The Morgan fingerprint density at radius 1 is 1.21 bits per heavy atom. The highest BCUT2D eigenvalue weighted by Gasteiger charge is 2.10. The van der Waals surface area contributed by atoms with Crippen molar-refractivity contribution in [1.82, 2.24) is 0 Å². The summed E-state index contributed by atoms with van der Waals surface area (Å²) in [5.41, 5.74) is 1.17. The predicted octanol–water partition coefficient (Wildman–Crippen LogP) is 2.22. The first-order valence-corrected chi connectivity index (χ1v) is 5.00. The summed E-state index contributed by atoms with van der Waals surface area (Å²) < 4.78 is 5.62. The Morgan fingerprint density at radius 3 is 2.43 bits per heavy atom. The maximum atomic E-state index is 8.92. The summed E-state index contributed by atoms with van der Waals surface area (Å²) >= 11 is 0. The Labute approximate surface area is 85.5 Å². The van der Waals surface area contributed by atoms with E-state index in [1.807, 2.05) is 44.2 Å². The molecule has 2 heteroatoms. The van der Waals surface area contributed by atoms with Crippen LogP contribution in [0.15, 0.2) is 30.3 Å². The summed E-state index contributed by atoms with van der Waals surface area (Å²) in [5.74, 6) is 0.193. The molecule has 0 heterocycles. The molecular formula is C12H18O2. The molecule has 14 heavy (non-hydrogen) atoms. The van der Waals surface area contributed by atoms with Crippen LogP contribution in [0.2, 0.25) is 0 Å². The molecular weight excluding hydrogens is 176 g/mol. The molecule has 0 saturated heterocycles. The lowest BCUT2D eigenvalue weighted by atomic mass is 10.1. The van der Waals surface area contributed by atoms with Crippen LogP contribution in [0.5, 0.6) is 0 Å². The van der Waals surface area contributed by atoms with E-state index in [2.05, 4.69) is 0 Å². The highest BCUT2D eigenvalue weighted by Crippen LogP contribution is 2.09. The maximum Gasteiger partial charge on any atom is 0.0720 e. The van der Waals surface area contributed by atoms with Gasteiger partial charge in [0.05, 0.1) is 12.7 Å². The fraction of sp³-hybridized carbons (Fsp3) is 0.500. The van der Waals surface area contributed by atoms with Gasteiger partial charge in [-0.1, -0.05) is 37.3 Å². The van der Waals surface area contributed by atoms with E-state index in [9.17, 15) is 0 Å². The van der Waals surface area contributed by atoms with Gasteiger partial charge in [-0.3, -0.25) is 0 Å². The third-order valence-electron chi connectivity index (χ3n) is 2.45. The van der Waals surface area contributed by atoms with Gasteiger partial charge in [-0.05, 0) is 12.5 Å². The van der Waals surface area contributed by atoms with Gasteiger partial charge in [0, 0.05) is 12.5 Å². The number of rotatable bonds is 5. The average Bonchev–Trinajstić information content (AvgIpc) is 2.26. The summed E-state index contributed by atoms with van der Waals surface area (Å²) in [7, 11) is 0. The number of hydrogen-bond acceptors (Lipinski definition) is 2. The summed E-state index contributed by atoms with van der Waals surface area (Å²) in [4.78, 5) is 0. The van der Waals surface area contributed by atoms with Crippen molar-refractivity contribution in [2.75, 3.05) is 6.61 Å². The zero-order valence-corrected chi connectivity index (χ0v) is 8.81. The second-order valence-electron chi connectivity index (χ2n) is 3.66. The molecule has 0 aliphatic rings. The molecule has 0 amide bonds. The number of aliphatic hydroxyl groups excluding tert-OH is 1. The van der Waals surface area contributed by atoms with Crippen LogP contribution in [0.3, 0.4) is 0 Å². The van der Waals surface area contributed by atoms with Crippen molar-refractivity contribution in [2.45, 2.75) is 26.6 Å². The second-order valence-corrected chi connectivity index (χ2v) is 3.66. The van der Waals surface area contributed by atoms with E-state index in [0.29, 0.717) is 6.61 Å². The molecule has 0 spiro atoms. The fourth-order valence-corrected chi connectivity index (χ4v) is 1.11. The van der Waals surface area contributed by atoms with Crippen molar-refractivity contribution in [3.8, 4) is 0 Å². The van der Waals surface area contributed by atoms with Crippen molar-refractivity contribution in [3.63, 3.8) is 0 Å². The van der Waals surface area contributed by atoms with Gasteiger partial charge in [0.25, 0.3) is 0 Å². The minimum absolute atomic E-state index is 0.0974. The van der Waals surface area contributed by atoms with E-state index in [0.717, 1.165) is 0 Å². The van der Waals surface area contributed by atoms with Crippen molar-refractivity contribution in [1.29, 1.82) is 0 Å². The largest absolute Gasteiger partial charge is 0.396 e. The molecule has 0 unspecified atom stereocenters. The molecule has 2 atom stereocenters. The molecule has 78 valence electrons. The molecule has 1 aromatic carbocycles. The van der Waals surface area contributed by atoms with Crippen LogP contribution in [0, 0.1) is 5.92 Å². The molecule has 2 nitrogen and oxygen atoms in total. The SMILES string of the molecule is C[C@@H](CO)[C@@H](C)OCc1ccccc1. The Kier molecular flexibility index (Phi) is 4.63. The number of aliphatic hydroxyl groups is 1. The topological polar surface area (TPSA) is 29.5 Å². The van der Waals surface area contributed by atoms with Gasteiger partial charge >= 0.3 is 0 Å². The number of ether oxygens (including phenoxy) is 1. The Bertz CT molecular complexity index is 246. The molecule has 0 aliphatic heterocycles. The molecule has 1 N–H and O–H groups in total. The quantitative estimate of drug-likeness (QED) is 0.778. The molecule has 0 radical (unpaired) electrons. The Balaban J connectivity index is 2.34. The van der Waals surface area contributed by atoms with Crippen LogP contribution >= 0.6 is 0 Å². The van der Waals surface area contributed by atoms with Crippen LogP contribution < -0.4 is 0 Å². The van der Waals surface area contributed by atoms with E-state index in [1.54, 1.807) is 0 Å². The van der Waals surface area contributed by atoms with E-state index >= 15 is 0 Å². The maximum absolute atomic E-state index is 8.92. The lowest BCUT2D eigenvalue weighted by molar-refractivity contribution is 0.00153. The third kappa shape index (κ3) is 3.48. The highest BCUT2D eigenvalue weighted by molar-refractivity contribution is 5.13. The van der Waals surface area contributed by atoms with Crippen LogP contribution in [-0.4, -0.2) is 17.8 Å². The molecule has 0 bridgehead atoms. The first-order valence-electron chi connectivity index (χ1n) is 5.00. The molecule has 1 aromatic rings. The molecule has 0 aromatic heterocycles. The smallest absolute Gasteiger partial charge is 0.0720 e. The zero-order valence-electron chi connectivity index (χ0n) is 8.81. The summed E-state index contributed by atoms with van der Waals surface area (Å²) in [6.45, 7) is 4.77. The molecule has 0 saturated carbocycles. The standard InChI is InChI=1S/C12H18O2/c1-10(8-13)11(2)14-9-12-6-4-3-5-7-12/h3-7,10-11,13H,8-9H2,1-2H3/t10-,11+/m0/s1. The Morgan fingerprint density at radius 2 is 1.86 bits per heavy atom. The summed E-state index contributed by atoms with van der Waals surface area (Å²) in [6, 6.07) is 10.1. The van der Waals surface area contributed by atoms with Gasteiger partial charge in [-0.25, -0.2) is 0 Å². The van der Waals surface area contributed by atoms with Gasteiger partial charge in [-0.2, -0.15) is 0 Å². The van der Waals surface area contributed by atoms with Gasteiger partial charge < -0.3 is 9.84 Å². The lowest BCUT2D eigenvalue weighted by Gasteiger charge is -2.18. The third-order valence-corrected chi connectivity index (χ3v) is 2.45.